The molecule has 1 fully saturated rings. The molecule has 1 heterocycles. The predicted octanol–water partition coefficient (Wildman–Crippen LogP) is 1.70. The lowest BCUT2D eigenvalue weighted by Gasteiger charge is -2.32. The zero-order valence-electron chi connectivity index (χ0n) is 13.0. The molecule has 0 atom stereocenters. The maximum absolute atomic E-state index is 13.1. The third kappa shape index (κ3) is 4.93. The average Bonchev–Trinajstić information content (AvgIpc) is 2.53. The van der Waals surface area contributed by atoms with Crippen molar-refractivity contribution in [3.05, 3.63) is 28.2 Å². The Bertz CT molecular complexity index is 747. The van der Waals surface area contributed by atoms with Gasteiger partial charge in [-0.1, -0.05) is 15.9 Å². The van der Waals surface area contributed by atoms with Crippen molar-refractivity contribution in [3.8, 4) is 0 Å². The molecule has 1 aliphatic heterocycles. The van der Waals surface area contributed by atoms with Gasteiger partial charge in [-0.2, -0.15) is 13.2 Å². The van der Waals surface area contributed by atoms with Crippen LogP contribution < -0.4 is 10.5 Å². The van der Waals surface area contributed by atoms with Gasteiger partial charge in [0.2, 0.25) is 15.9 Å². The van der Waals surface area contributed by atoms with Gasteiger partial charge >= 0.3 is 6.18 Å². The van der Waals surface area contributed by atoms with Crippen molar-refractivity contribution < 1.29 is 26.4 Å². The maximum Gasteiger partial charge on any atom is 0.417 e. The molecule has 0 unspecified atom stereocenters. The van der Waals surface area contributed by atoms with Crippen LogP contribution in [0.2, 0.25) is 0 Å². The van der Waals surface area contributed by atoms with E-state index in [0.717, 1.165) is 12.1 Å². The number of piperidine rings is 1. The highest BCUT2D eigenvalue weighted by molar-refractivity contribution is 9.10. The van der Waals surface area contributed by atoms with Crippen LogP contribution in [0.25, 0.3) is 0 Å². The summed E-state index contributed by atoms with van der Waals surface area (Å²) < 4.78 is 66.7. The number of alkyl halides is 3. The monoisotopic (exact) mass is 443 g/mol. The summed E-state index contributed by atoms with van der Waals surface area (Å²) in [6.45, 7) is 0.468. The van der Waals surface area contributed by atoms with Gasteiger partial charge in [-0.25, -0.2) is 13.1 Å². The second-order valence-corrected chi connectivity index (χ2v) is 8.22. The number of nitrogens with two attached hydrogens (primary N) is 1. The van der Waals surface area contributed by atoms with E-state index in [2.05, 4.69) is 20.7 Å². The van der Waals surface area contributed by atoms with Gasteiger partial charge in [0, 0.05) is 23.6 Å². The van der Waals surface area contributed by atoms with Crippen LogP contribution >= 0.6 is 15.9 Å². The topological polar surface area (TPSA) is 92.5 Å². The van der Waals surface area contributed by atoms with Crippen molar-refractivity contribution in [2.24, 2.45) is 5.73 Å². The summed E-state index contributed by atoms with van der Waals surface area (Å²) in [6, 6.07) is 2.35. The fourth-order valence-corrected chi connectivity index (χ4v) is 4.49. The van der Waals surface area contributed by atoms with Crippen LogP contribution in [0.3, 0.4) is 0 Å². The summed E-state index contributed by atoms with van der Waals surface area (Å²) in [7, 11) is -4.35. The number of halogens is 4. The van der Waals surface area contributed by atoms with E-state index in [1.54, 1.807) is 0 Å². The zero-order chi connectivity index (χ0) is 18.8. The van der Waals surface area contributed by atoms with E-state index < -0.39 is 32.7 Å². The molecule has 2 rings (SSSR count). The van der Waals surface area contributed by atoms with Crippen molar-refractivity contribution in [2.75, 3.05) is 19.6 Å². The molecule has 0 radical (unpaired) electrons. The van der Waals surface area contributed by atoms with Crippen LogP contribution in [0.1, 0.15) is 18.4 Å². The zero-order valence-corrected chi connectivity index (χ0v) is 15.4. The third-order valence-electron chi connectivity index (χ3n) is 3.88. The molecule has 1 amide bonds. The first-order valence-corrected chi connectivity index (χ1v) is 9.69. The first-order chi connectivity index (χ1) is 11.5. The largest absolute Gasteiger partial charge is 0.417 e. The van der Waals surface area contributed by atoms with Gasteiger partial charge in [0.15, 0.2) is 0 Å². The number of likely N-dealkylation sites (tertiary alicyclic amines) is 1. The Balaban J connectivity index is 2.17. The maximum atomic E-state index is 13.1. The van der Waals surface area contributed by atoms with Gasteiger partial charge in [-0.05, 0) is 31.0 Å². The minimum absolute atomic E-state index is 0.132. The summed E-state index contributed by atoms with van der Waals surface area (Å²) in [5, 5.41) is 0. The lowest BCUT2D eigenvalue weighted by Crippen LogP contribution is -2.48. The van der Waals surface area contributed by atoms with Gasteiger partial charge in [-0.15, -0.1) is 0 Å². The molecule has 0 aromatic heterocycles. The molecule has 0 spiro atoms. The lowest BCUT2D eigenvalue weighted by molar-refractivity contribution is -0.140. The van der Waals surface area contributed by atoms with E-state index in [9.17, 15) is 26.4 Å². The Labute approximate surface area is 151 Å². The Morgan fingerprint density at radius 2 is 1.92 bits per heavy atom. The number of nitrogens with zero attached hydrogens (tertiary/aromatic N) is 1. The molecule has 140 valence electrons. The SMILES string of the molecule is NCC(=O)N1CCC(NS(=O)(=O)c2ccc(Br)cc2C(F)(F)F)CC1. The number of hydrogen-bond acceptors (Lipinski definition) is 4. The van der Waals surface area contributed by atoms with E-state index in [1.807, 2.05) is 0 Å². The summed E-state index contributed by atoms with van der Waals surface area (Å²) in [4.78, 5) is 12.2. The van der Waals surface area contributed by atoms with E-state index in [4.69, 9.17) is 5.73 Å². The third-order valence-corrected chi connectivity index (χ3v) is 5.95. The second-order valence-electron chi connectivity index (χ2n) is 5.62. The number of carbonyl (C=O) groups excluding carboxylic acids is 1. The van der Waals surface area contributed by atoms with Crippen molar-refractivity contribution >= 4 is 31.9 Å². The number of sulfonamides is 1. The summed E-state index contributed by atoms with van der Waals surface area (Å²) in [6.07, 6.45) is -4.18. The molecule has 1 saturated heterocycles. The second kappa shape index (κ2) is 7.60. The predicted molar refractivity (Wildman–Crippen MR) is 88.1 cm³/mol. The van der Waals surface area contributed by atoms with Crippen molar-refractivity contribution in [1.82, 2.24) is 9.62 Å². The molecular formula is C14H17BrF3N3O3S. The Morgan fingerprint density at radius 1 is 1.32 bits per heavy atom. The Kier molecular flexibility index (Phi) is 6.13. The van der Waals surface area contributed by atoms with Gasteiger partial charge in [0.05, 0.1) is 17.0 Å². The van der Waals surface area contributed by atoms with E-state index in [1.165, 1.54) is 11.0 Å². The summed E-state index contributed by atoms with van der Waals surface area (Å²) >= 11 is 2.92. The number of benzene rings is 1. The number of hydrogen-bond donors (Lipinski definition) is 2. The molecule has 1 aliphatic rings. The van der Waals surface area contributed by atoms with Crippen molar-refractivity contribution in [2.45, 2.75) is 30.0 Å². The van der Waals surface area contributed by atoms with Crippen LogP contribution in [-0.4, -0.2) is 44.9 Å². The van der Waals surface area contributed by atoms with E-state index in [0.29, 0.717) is 25.9 Å². The fourth-order valence-electron chi connectivity index (χ4n) is 2.62. The molecule has 0 saturated carbocycles. The molecule has 3 N–H and O–H groups in total. The van der Waals surface area contributed by atoms with Crippen LogP contribution in [0, 0.1) is 0 Å². The Hall–Kier alpha value is -1.17. The quantitative estimate of drug-likeness (QED) is 0.740. The molecule has 0 aliphatic carbocycles. The van der Waals surface area contributed by atoms with Crippen molar-refractivity contribution in [3.63, 3.8) is 0 Å². The van der Waals surface area contributed by atoms with Crippen LogP contribution in [0.5, 0.6) is 0 Å². The normalized spacial score (nSPS) is 16.9. The number of carbonyl (C=O) groups is 1. The van der Waals surface area contributed by atoms with Crippen molar-refractivity contribution in [1.29, 1.82) is 0 Å². The van der Waals surface area contributed by atoms with Gasteiger partial charge in [-0.3, -0.25) is 4.79 Å². The highest BCUT2D eigenvalue weighted by Crippen LogP contribution is 2.36. The number of nitrogens with one attached hydrogen (secondary N) is 1. The standard InChI is InChI=1S/C14H17BrF3N3O3S/c15-9-1-2-12(11(7-9)14(16,17)18)25(23,24)20-10-3-5-21(6-4-10)13(22)8-19/h1-2,7,10,20H,3-6,8,19H2. The van der Waals surface area contributed by atoms with Gasteiger partial charge in [0.1, 0.15) is 0 Å². The molecule has 25 heavy (non-hydrogen) atoms. The summed E-state index contributed by atoms with van der Waals surface area (Å²) in [5.74, 6) is -0.242. The first-order valence-electron chi connectivity index (χ1n) is 7.41. The van der Waals surface area contributed by atoms with Gasteiger partial charge < -0.3 is 10.6 Å². The lowest BCUT2D eigenvalue weighted by atomic mass is 10.1. The van der Waals surface area contributed by atoms with Crippen LogP contribution in [-0.2, 0) is 21.0 Å². The molecule has 6 nitrogen and oxygen atoms in total. The average molecular weight is 444 g/mol. The fraction of sp³-hybridized carbons (Fsp3) is 0.500. The molecule has 1 aromatic rings. The van der Waals surface area contributed by atoms with Gasteiger partial charge in [0.25, 0.3) is 0 Å². The van der Waals surface area contributed by atoms with E-state index in [-0.39, 0.29) is 16.9 Å². The minimum atomic E-state index is -4.80. The molecule has 0 bridgehead atoms. The minimum Gasteiger partial charge on any atom is -0.341 e. The smallest absolute Gasteiger partial charge is 0.341 e. The number of amides is 1. The highest BCUT2D eigenvalue weighted by Gasteiger charge is 2.38. The number of rotatable bonds is 4. The van der Waals surface area contributed by atoms with Crippen LogP contribution in [0.4, 0.5) is 13.2 Å². The molecule has 11 heteroatoms. The van der Waals surface area contributed by atoms with E-state index >= 15 is 0 Å². The molecular weight excluding hydrogens is 427 g/mol. The molecule has 1 aromatic carbocycles. The first kappa shape index (κ1) is 20.1. The summed E-state index contributed by atoms with van der Waals surface area (Å²) in [5.41, 5.74) is 4.04. The Morgan fingerprint density at radius 3 is 2.44 bits per heavy atom. The van der Waals surface area contributed by atoms with Crippen LogP contribution in [0.15, 0.2) is 27.6 Å². The highest BCUT2D eigenvalue weighted by atomic mass is 79.9.